The van der Waals surface area contributed by atoms with Gasteiger partial charge in [0.05, 0.1) is 25.0 Å². The minimum atomic E-state index is 0.384. The van der Waals surface area contributed by atoms with E-state index >= 15 is 0 Å². The zero-order chi connectivity index (χ0) is 18.5. The Bertz CT molecular complexity index is 1020. The second-order valence-corrected chi connectivity index (χ2v) is 5.19. The summed E-state index contributed by atoms with van der Waals surface area (Å²) in [7, 11) is 0. The Morgan fingerprint density at radius 2 is 1.27 bits per heavy atom. The molecule has 0 saturated heterocycles. The third kappa shape index (κ3) is 2.89. The van der Waals surface area contributed by atoms with E-state index in [2.05, 4.69) is 26.3 Å². The zero-order valence-electron chi connectivity index (χ0n) is 14.2. The molecule has 3 aromatic rings. The zero-order valence-corrected chi connectivity index (χ0v) is 14.2. The van der Waals surface area contributed by atoms with Crippen LogP contribution in [0.15, 0.2) is 87.8 Å². The third-order valence-electron chi connectivity index (χ3n) is 3.82. The first kappa shape index (κ1) is 17.2. The molecule has 0 unspecified atom stereocenters. The molecule has 26 heavy (non-hydrogen) atoms. The van der Waals surface area contributed by atoms with E-state index in [4.69, 9.17) is 18.9 Å². The molecule has 4 heteroatoms. The summed E-state index contributed by atoms with van der Waals surface area (Å²) in [5.74, 6) is 2.01. The van der Waals surface area contributed by atoms with Gasteiger partial charge in [-0.2, -0.15) is 0 Å². The van der Waals surface area contributed by atoms with Gasteiger partial charge in [-0.3, -0.25) is 0 Å². The first-order valence-electron chi connectivity index (χ1n) is 7.87. The van der Waals surface area contributed by atoms with Crippen LogP contribution in [0.4, 0.5) is 0 Å². The van der Waals surface area contributed by atoms with Gasteiger partial charge in [-0.15, -0.1) is 0 Å². The van der Waals surface area contributed by atoms with Crippen LogP contribution in [-0.2, 0) is 0 Å². The van der Waals surface area contributed by atoms with Crippen LogP contribution >= 0.6 is 0 Å². The molecule has 0 aliphatic carbocycles. The Balaban J connectivity index is 2.47. The fraction of sp³-hybridized carbons (Fsp3) is 0. The highest BCUT2D eigenvalue weighted by atomic mass is 16.5. The second-order valence-electron chi connectivity index (χ2n) is 5.19. The average Bonchev–Trinajstić information content (AvgIpc) is 2.64. The van der Waals surface area contributed by atoms with Crippen molar-refractivity contribution in [3.05, 3.63) is 87.8 Å². The highest BCUT2D eigenvalue weighted by Crippen LogP contribution is 2.47. The van der Waals surface area contributed by atoms with Gasteiger partial charge in [0.2, 0.25) is 5.75 Å². The lowest BCUT2D eigenvalue weighted by Crippen LogP contribution is -1.95. The van der Waals surface area contributed by atoms with Crippen LogP contribution in [0.2, 0.25) is 0 Å². The number of rotatable bonds is 8. The molecule has 0 saturated carbocycles. The summed E-state index contributed by atoms with van der Waals surface area (Å²) in [4.78, 5) is 0. The molecule has 0 heterocycles. The van der Waals surface area contributed by atoms with Crippen molar-refractivity contribution in [3.8, 4) is 23.0 Å². The lowest BCUT2D eigenvalue weighted by molar-refractivity contribution is 0.389. The predicted molar refractivity (Wildman–Crippen MR) is 105 cm³/mol. The van der Waals surface area contributed by atoms with Crippen LogP contribution in [-0.4, -0.2) is 0 Å². The smallest absolute Gasteiger partial charge is 0.212 e. The van der Waals surface area contributed by atoms with E-state index in [0.29, 0.717) is 23.0 Å². The minimum absolute atomic E-state index is 0.384. The highest BCUT2D eigenvalue weighted by molar-refractivity contribution is 6.13. The Morgan fingerprint density at radius 3 is 1.96 bits per heavy atom. The highest BCUT2D eigenvalue weighted by Gasteiger charge is 2.19. The van der Waals surface area contributed by atoms with Crippen molar-refractivity contribution in [2.45, 2.75) is 0 Å². The SMILES string of the molecule is C=COc1cc2ccc3c(OC=C)cccc3c2c(OC=C)c1OC=C. The molecule has 0 atom stereocenters. The van der Waals surface area contributed by atoms with Gasteiger partial charge in [0.1, 0.15) is 5.75 Å². The lowest BCUT2D eigenvalue weighted by Gasteiger charge is -2.17. The van der Waals surface area contributed by atoms with Crippen molar-refractivity contribution in [1.82, 2.24) is 0 Å². The fourth-order valence-electron chi connectivity index (χ4n) is 2.91. The van der Waals surface area contributed by atoms with Crippen LogP contribution in [0.3, 0.4) is 0 Å². The number of fused-ring (bicyclic) bond motifs is 3. The van der Waals surface area contributed by atoms with Gasteiger partial charge in [-0.25, -0.2) is 0 Å². The van der Waals surface area contributed by atoms with E-state index in [1.54, 1.807) is 0 Å². The summed E-state index contributed by atoms with van der Waals surface area (Å²) in [5.41, 5.74) is 0. The quantitative estimate of drug-likeness (QED) is 0.366. The van der Waals surface area contributed by atoms with Crippen LogP contribution in [0.25, 0.3) is 21.5 Å². The predicted octanol–water partition coefficient (Wildman–Crippen LogP) is 6.08. The summed E-state index contributed by atoms with van der Waals surface area (Å²) < 4.78 is 22.3. The minimum Gasteiger partial charge on any atom is -0.465 e. The topological polar surface area (TPSA) is 36.9 Å². The summed E-state index contributed by atoms with van der Waals surface area (Å²) in [6, 6.07) is 11.5. The molecule has 0 radical (unpaired) electrons. The molecule has 0 aliphatic heterocycles. The molecule has 0 N–H and O–H groups in total. The molecular weight excluding hydrogens is 328 g/mol. The molecule has 3 rings (SSSR count). The Labute approximate surface area is 151 Å². The van der Waals surface area contributed by atoms with E-state index in [9.17, 15) is 0 Å². The van der Waals surface area contributed by atoms with Crippen molar-refractivity contribution < 1.29 is 18.9 Å². The van der Waals surface area contributed by atoms with Gasteiger partial charge in [0.25, 0.3) is 0 Å². The molecule has 3 aromatic carbocycles. The van der Waals surface area contributed by atoms with Crippen LogP contribution in [0.5, 0.6) is 23.0 Å². The van der Waals surface area contributed by atoms with Crippen molar-refractivity contribution in [3.63, 3.8) is 0 Å². The third-order valence-corrected chi connectivity index (χ3v) is 3.82. The van der Waals surface area contributed by atoms with E-state index < -0.39 is 0 Å². The van der Waals surface area contributed by atoms with E-state index in [0.717, 1.165) is 21.5 Å². The first-order valence-corrected chi connectivity index (χ1v) is 7.87. The molecule has 0 fully saturated rings. The summed E-state index contributed by atoms with van der Waals surface area (Å²) in [6.07, 6.45) is 5.37. The average molecular weight is 346 g/mol. The maximum absolute atomic E-state index is 5.71. The molecule has 0 amide bonds. The standard InChI is InChI=1S/C22H18O4/c1-5-23-18-11-9-10-17-16(18)13-12-15-14-19(24-6-2)21(25-7-3)22(20(15)17)26-8-4/h5-14H,1-4H2. The van der Waals surface area contributed by atoms with Crippen molar-refractivity contribution >= 4 is 21.5 Å². The normalized spacial score (nSPS) is 10.2. The van der Waals surface area contributed by atoms with Gasteiger partial charge in [0.15, 0.2) is 11.5 Å². The van der Waals surface area contributed by atoms with Gasteiger partial charge < -0.3 is 18.9 Å². The number of hydrogen-bond acceptors (Lipinski definition) is 4. The summed E-state index contributed by atoms with van der Waals surface area (Å²) >= 11 is 0. The van der Waals surface area contributed by atoms with E-state index in [1.807, 2.05) is 36.4 Å². The molecule has 130 valence electrons. The number of hydrogen-bond donors (Lipinski definition) is 0. The van der Waals surface area contributed by atoms with E-state index in [1.165, 1.54) is 25.0 Å². The molecule has 0 aromatic heterocycles. The summed E-state index contributed by atoms with van der Waals surface area (Å²) in [6.45, 7) is 14.5. The number of ether oxygens (including phenoxy) is 4. The Morgan fingerprint density at radius 1 is 0.615 bits per heavy atom. The van der Waals surface area contributed by atoms with Crippen LogP contribution in [0.1, 0.15) is 0 Å². The van der Waals surface area contributed by atoms with Crippen molar-refractivity contribution in [2.24, 2.45) is 0 Å². The second kappa shape index (κ2) is 7.49. The van der Waals surface area contributed by atoms with E-state index in [-0.39, 0.29) is 0 Å². The summed E-state index contributed by atoms with van der Waals surface area (Å²) in [5, 5.41) is 3.58. The van der Waals surface area contributed by atoms with Gasteiger partial charge in [0, 0.05) is 10.8 Å². The molecule has 0 aliphatic rings. The van der Waals surface area contributed by atoms with Gasteiger partial charge >= 0.3 is 0 Å². The number of benzene rings is 3. The van der Waals surface area contributed by atoms with Crippen LogP contribution < -0.4 is 18.9 Å². The Kier molecular flexibility index (Phi) is 4.94. The molecule has 4 nitrogen and oxygen atoms in total. The maximum Gasteiger partial charge on any atom is 0.212 e. The molecular formula is C22H18O4. The van der Waals surface area contributed by atoms with Crippen molar-refractivity contribution in [2.75, 3.05) is 0 Å². The first-order chi connectivity index (χ1) is 12.7. The van der Waals surface area contributed by atoms with Crippen molar-refractivity contribution in [1.29, 1.82) is 0 Å². The Hall–Kier alpha value is -3.66. The monoisotopic (exact) mass is 346 g/mol. The molecule has 0 bridgehead atoms. The van der Waals surface area contributed by atoms with Gasteiger partial charge in [-0.05, 0) is 29.0 Å². The van der Waals surface area contributed by atoms with Gasteiger partial charge in [-0.1, -0.05) is 44.5 Å². The fourth-order valence-corrected chi connectivity index (χ4v) is 2.91. The molecule has 0 spiro atoms. The maximum atomic E-state index is 5.71. The van der Waals surface area contributed by atoms with Crippen LogP contribution in [0, 0.1) is 0 Å². The lowest BCUT2D eigenvalue weighted by atomic mass is 9.99. The largest absolute Gasteiger partial charge is 0.465 e.